The minimum Gasteiger partial charge on any atom is -0.490 e. The van der Waals surface area contributed by atoms with Gasteiger partial charge in [-0.3, -0.25) is 14.4 Å². The van der Waals surface area contributed by atoms with Crippen LogP contribution in [0.4, 0.5) is 5.69 Å². The van der Waals surface area contributed by atoms with Crippen LogP contribution in [0.3, 0.4) is 0 Å². The second-order valence-electron chi connectivity index (χ2n) is 7.89. The average Bonchev–Trinajstić information content (AvgIpc) is 3.37. The number of carbonyl (C=O) groups excluding carboxylic acids is 3. The molecule has 186 valence electrons. The molecule has 2 aromatic rings. The van der Waals surface area contributed by atoms with E-state index in [0.29, 0.717) is 36.0 Å². The lowest BCUT2D eigenvalue weighted by atomic mass is 10.2. The van der Waals surface area contributed by atoms with Gasteiger partial charge in [0.25, 0.3) is 5.91 Å². The van der Waals surface area contributed by atoms with Crippen LogP contribution < -0.4 is 25.5 Å². The van der Waals surface area contributed by atoms with Crippen LogP contribution >= 0.6 is 0 Å². The fourth-order valence-electron chi connectivity index (χ4n) is 3.28. The molecule has 1 fully saturated rings. The molecular weight excluding hydrogens is 452 g/mol. The number of hydrazone groups is 1. The summed E-state index contributed by atoms with van der Waals surface area (Å²) in [6.45, 7) is 4.94. The molecule has 0 aliphatic carbocycles. The first-order valence-corrected chi connectivity index (χ1v) is 11.4. The van der Waals surface area contributed by atoms with Gasteiger partial charge in [0.2, 0.25) is 0 Å². The van der Waals surface area contributed by atoms with E-state index in [1.165, 1.54) is 6.21 Å². The lowest BCUT2D eigenvalue weighted by Crippen LogP contribution is -2.41. The molecule has 0 unspecified atom stereocenters. The molecule has 0 radical (unpaired) electrons. The van der Waals surface area contributed by atoms with Crippen LogP contribution in [0.2, 0.25) is 0 Å². The molecule has 1 aliphatic rings. The van der Waals surface area contributed by atoms with Crippen molar-refractivity contribution >= 4 is 29.6 Å². The van der Waals surface area contributed by atoms with E-state index in [-0.39, 0.29) is 25.2 Å². The van der Waals surface area contributed by atoms with Crippen LogP contribution in [0.5, 0.6) is 11.5 Å². The topological polar surface area (TPSA) is 127 Å². The smallest absolute Gasteiger partial charge is 0.329 e. The molecule has 1 atom stereocenters. The molecule has 0 aromatic heterocycles. The number of benzene rings is 2. The highest BCUT2D eigenvalue weighted by Gasteiger charge is 2.19. The van der Waals surface area contributed by atoms with E-state index in [0.717, 1.165) is 18.4 Å². The summed E-state index contributed by atoms with van der Waals surface area (Å²) in [7, 11) is 0. The first-order chi connectivity index (χ1) is 16.9. The molecule has 2 aromatic carbocycles. The number of ether oxygens (including phenoxy) is 3. The van der Waals surface area contributed by atoms with Gasteiger partial charge in [-0.2, -0.15) is 5.10 Å². The van der Waals surface area contributed by atoms with Gasteiger partial charge in [0.05, 0.1) is 18.9 Å². The van der Waals surface area contributed by atoms with Crippen molar-refractivity contribution in [3.05, 3.63) is 53.6 Å². The molecule has 35 heavy (non-hydrogen) atoms. The SMILES string of the molecule is CCOc1cc(/C=N\NC(=O)C(=O)NC[C@H]2CCCO2)ccc1OCC(=O)Nc1ccc(C)cc1. The van der Waals surface area contributed by atoms with Crippen LogP contribution in [-0.2, 0) is 19.1 Å². The Bertz CT molecular complexity index is 1050. The zero-order valence-electron chi connectivity index (χ0n) is 19.8. The number of nitrogens with zero attached hydrogens (tertiary/aromatic N) is 1. The van der Waals surface area contributed by atoms with Crippen molar-refractivity contribution < 1.29 is 28.6 Å². The second kappa shape index (κ2) is 13.1. The van der Waals surface area contributed by atoms with Crippen molar-refractivity contribution in [3.8, 4) is 11.5 Å². The number of anilines is 1. The zero-order chi connectivity index (χ0) is 25.0. The van der Waals surface area contributed by atoms with Gasteiger partial charge in [-0.1, -0.05) is 17.7 Å². The minimum atomic E-state index is -0.871. The highest BCUT2D eigenvalue weighted by atomic mass is 16.5. The maximum atomic E-state index is 12.2. The fraction of sp³-hybridized carbons (Fsp3) is 0.360. The Balaban J connectivity index is 1.50. The van der Waals surface area contributed by atoms with E-state index in [1.807, 2.05) is 38.1 Å². The van der Waals surface area contributed by atoms with Gasteiger partial charge in [0.15, 0.2) is 18.1 Å². The van der Waals surface area contributed by atoms with Crippen LogP contribution in [-0.4, -0.2) is 56.4 Å². The minimum absolute atomic E-state index is 0.0540. The Morgan fingerprint density at radius 3 is 2.60 bits per heavy atom. The fourth-order valence-corrected chi connectivity index (χ4v) is 3.28. The third-order valence-corrected chi connectivity index (χ3v) is 5.06. The van der Waals surface area contributed by atoms with Crippen LogP contribution in [0.1, 0.15) is 30.9 Å². The predicted octanol–water partition coefficient (Wildman–Crippen LogP) is 2.16. The summed E-state index contributed by atoms with van der Waals surface area (Å²) in [5.74, 6) is -1.15. The molecular formula is C25H30N4O6. The molecule has 1 saturated heterocycles. The Morgan fingerprint density at radius 2 is 1.89 bits per heavy atom. The Kier molecular flexibility index (Phi) is 9.61. The quantitative estimate of drug-likeness (QED) is 0.271. The average molecular weight is 483 g/mol. The summed E-state index contributed by atoms with van der Waals surface area (Å²) in [5.41, 5.74) is 4.58. The van der Waals surface area contributed by atoms with Crippen molar-refractivity contribution in [1.82, 2.24) is 10.7 Å². The summed E-state index contributed by atoms with van der Waals surface area (Å²) < 4.78 is 16.6. The zero-order valence-corrected chi connectivity index (χ0v) is 19.8. The van der Waals surface area contributed by atoms with Crippen LogP contribution in [0, 0.1) is 6.92 Å². The Labute approximate surface area is 204 Å². The summed E-state index contributed by atoms with van der Waals surface area (Å²) in [5, 5.41) is 9.12. The van der Waals surface area contributed by atoms with Gasteiger partial charge >= 0.3 is 11.8 Å². The number of hydrogen-bond acceptors (Lipinski definition) is 7. The largest absolute Gasteiger partial charge is 0.490 e. The number of aryl methyl sites for hydroxylation is 1. The van der Waals surface area contributed by atoms with Crippen LogP contribution in [0.15, 0.2) is 47.6 Å². The van der Waals surface area contributed by atoms with Crippen LogP contribution in [0.25, 0.3) is 0 Å². The number of hydrogen-bond donors (Lipinski definition) is 3. The van der Waals surface area contributed by atoms with Gasteiger partial charge in [0, 0.05) is 18.8 Å². The van der Waals surface area contributed by atoms with E-state index in [9.17, 15) is 14.4 Å². The normalized spacial score (nSPS) is 15.0. The Morgan fingerprint density at radius 1 is 1.09 bits per heavy atom. The van der Waals surface area contributed by atoms with Crippen molar-refractivity contribution in [2.24, 2.45) is 5.10 Å². The second-order valence-corrected chi connectivity index (χ2v) is 7.89. The third-order valence-electron chi connectivity index (χ3n) is 5.06. The van der Waals surface area contributed by atoms with Gasteiger partial charge < -0.3 is 24.8 Å². The number of nitrogens with one attached hydrogen (secondary N) is 3. The molecule has 0 bridgehead atoms. The third kappa shape index (κ3) is 8.42. The molecule has 10 heteroatoms. The highest BCUT2D eigenvalue weighted by Crippen LogP contribution is 2.28. The van der Waals surface area contributed by atoms with Crippen molar-refractivity contribution in [2.45, 2.75) is 32.8 Å². The summed E-state index contributed by atoms with van der Waals surface area (Å²) in [6.07, 6.45) is 3.13. The molecule has 3 rings (SSSR count). The summed E-state index contributed by atoms with van der Waals surface area (Å²) in [4.78, 5) is 36.0. The number of carbonyl (C=O) groups is 3. The predicted molar refractivity (Wildman–Crippen MR) is 131 cm³/mol. The highest BCUT2D eigenvalue weighted by molar-refractivity contribution is 6.35. The van der Waals surface area contributed by atoms with Crippen molar-refractivity contribution in [2.75, 3.05) is 31.7 Å². The Hall–Kier alpha value is -3.92. The van der Waals surface area contributed by atoms with E-state index >= 15 is 0 Å². The maximum Gasteiger partial charge on any atom is 0.329 e. The van der Waals surface area contributed by atoms with Crippen molar-refractivity contribution in [1.29, 1.82) is 0 Å². The molecule has 0 spiro atoms. The van der Waals surface area contributed by atoms with E-state index in [2.05, 4.69) is 21.2 Å². The molecule has 10 nitrogen and oxygen atoms in total. The molecule has 1 aliphatic heterocycles. The summed E-state index contributed by atoms with van der Waals surface area (Å²) in [6, 6.07) is 12.4. The lowest BCUT2D eigenvalue weighted by molar-refractivity contribution is -0.139. The molecule has 0 saturated carbocycles. The first-order valence-electron chi connectivity index (χ1n) is 11.4. The number of rotatable bonds is 10. The number of amides is 3. The van der Waals surface area contributed by atoms with Gasteiger partial charge in [0.1, 0.15) is 0 Å². The van der Waals surface area contributed by atoms with Gasteiger partial charge in [-0.25, -0.2) is 5.43 Å². The lowest BCUT2D eigenvalue weighted by Gasteiger charge is -2.13. The monoisotopic (exact) mass is 482 g/mol. The molecule has 1 heterocycles. The first kappa shape index (κ1) is 25.7. The van der Waals surface area contributed by atoms with E-state index in [4.69, 9.17) is 14.2 Å². The van der Waals surface area contributed by atoms with Crippen molar-refractivity contribution in [3.63, 3.8) is 0 Å². The molecule has 3 N–H and O–H groups in total. The standard InChI is InChI=1S/C25H30N4O6/c1-3-33-22-13-18(14-27-29-25(32)24(31)26-15-20-5-4-12-34-20)8-11-21(22)35-16-23(30)28-19-9-6-17(2)7-10-19/h6-11,13-14,20H,3-5,12,15-16H2,1-2H3,(H,26,31)(H,28,30)(H,29,32)/b27-14-/t20-/m1/s1. The van der Waals surface area contributed by atoms with Gasteiger partial charge in [-0.15, -0.1) is 0 Å². The molecule has 3 amide bonds. The van der Waals surface area contributed by atoms with E-state index < -0.39 is 11.8 Å². The summed E-state index contributed by atoms with van der Waals surface area (Å²) >= 11 is 0. The van der Waals surface area contributed by atoms with E-state index in [1.54, 1.807) is 18.2 Å². The maximum absolute atomic E-state index is 12.2. The van der Waals surface area contributed by atoms with Gasteiger partial charge in [-0.05, 0) is 62.6 Å².